The smallest absolute Gasteiger partial charge is 0.335 e. The number of nitrogens with zero attached hydrogens (tertiary/aromatic N) is 2. The van der Waals surface area contributed by atoms with E-state index in [4.69, 9.17) is 9.84 Å². The molecule has 0 saturated heterocycles. The summed E-state index contributed by atoms with van der Waals surface area (Å²) >= 11 is 0. The third-order valence-electron chi connectivity index (χ3n) is 4.23. The van der Waals surface area contributed by atoms with Crippen molar-refractivity contribution in [1.29, 1.82) is 0 Å². The Labute approximate surface area is 145 Å². The van der Waals surface area contributed by atoms with Gasteiger partial charge in [0, 0.05) is 23.7 Å². The van der Waals surface area contributed by atoms with Crippen LogP contribution in [0.15, 0.2) is 48.7 Å². The van der Waals surface area contributed by atoms with E-state index in [2.05, 4.69) is 11.2 Å². The minimum Gasteiger partial charge on any atom is -0.491 e. The maximum Gasteiger partial charge on any atom is 0.335 e. The van der Waals surface area contributed by atoms with E-state index < -0.39 is 5.97 Å². The molecule has 5 nitrogen and oxygen atoms in total. The molecule has 0 atom stereocenters. The van der Waals surface area contributed by atoms with E-state index in [1.807, 2.05) is 38.2 Å². The van der Waals surface area contributed by atoms with E-state index in [0.29, 0.717) is 0 Å². The number of carboxylic acid groups (broad SMARTS) is 1. The van der Waals surface area contributed by atoms with Gasteiger partial charge in [0.2, 0.25) is 0 Å². The summed E-state index contributed by atoms with van der Waals surface area (Å²) in [6, 6.07) is 12.9. The van der Waals surface area contributed by atoms with Crippen LogP contribution in [0.25, 0.3) is 16.9 Å². The van der Waals surface area contributed by atoms with Gasteiger partial charge in [-0.15, -0.1) is 0 Å². The second-order valence-corrected chi connectivity index (χ2v) is 6.47. The molecule has 5 heteroatoms. The number of fused-ring (bicyclic) bond motifs is 3. The molecule has 0 radical (unpaired) electrons. The molecule has 0 aliphatic heterocycles. The molecular weight excluding hydrogens is 316 g/mol. The fraction of sp³-hybridized carbons (Fsp3) is 0.200. The first-order chi connectivity index (χ1) is 12.0. The van der Waals surface area contributed by atoms with Crippen molar-refractivity contribution in [2.75, 3.05) is 0 Å². The van der Waals surface area contributed by atoms with Crippen molar-refractivity contribution in [3.8, 4) is 22.7 Å². The summed E-state index contributed by atoms with van der Waals surface area (Å²) in [5.74, 6) is -0.0643. The maximum atomic E-state index is 11.2. The molecule has 25 heavy (non-hydrogen) atoms. The highest BCUT2D eigenvalue weighted by Crippen LogP contribution is 2.38. The van der Waals surface area contributed by atoms with Gasteiger partial charge in [-0.2, -0.15) is 5.10 Å². The van der Waals surface area contributed by atoms with E-state index >= 15 is 0 Å². The van der Waals surface area contributed by atoms with Crippen molar-refractivity contribution < 1.29 is 14.6 Å². The molecule has 0 spiro atoms. The van der Waals surface area contributed by atoms with Gasteiger partial charge in [-0.25, -0.2) is 9.48 Å². The highest BCUT2D eigenvalue weighted by molar-refractivity contribution is 5.88. The van der Waals surface area contributed by atoms with E-state index in [1.165, 1.54) is 5.56 Å². The third-order valence-corrected chi connectivity index (χ3v) is 4.23. The predicted octanol–water partition coefficient (Wildman–Crippen LogP) is 3.93. The highest BCUT2D eigenvalue weighted by atomic mass is 16.5. The number of benzene rings is 2. The number of rotatable bonds is 4. The number of hydrogen-bond acceptors (Lipinski definition) is 3. The van der Waals surface area contributed by atoms with Crippen molar-refractivity contribution >= 4 is 5.97 Å². The van der Waals surface area contributed by atoms with Crippen LogP contribution >= 0.6 is 0 Å². The Morgan fingerprint density at radius 2 is 2.04 bits per heavy atom. The summed E-state index contributed by atoms with van der Waals surface area (Å²) in [5.41, 5.74) is 5.41. The zero-order chi connectivity index (χ0) is 17.6. The molecule has 0 fully saturated rings. The second kappa shape index (κ2) is 5.77. The van der Waals surface area contributed by atoms with Gasteiger partial charge in [-0.05, 0) is 55.8 Å². The fourth-order valence-corrected chi connectivity index (χ4v) is 3.18. The molecule has 0 amide bonds. The predicted molar refractivity (Wildman–Crippen MR) is 94.5 cm³/mol. The average molecular weight is 334 g/mol. The number of aromatic nitrogens is 2. The quantitative estimate of drug-likeness (QED) is 0.614. The van der Waals surface area contributed by atoms with E-state index in [1.54, 1.807) is 22.9 Å². The molecule has 2 aromatic carbocycles. The summed E-state index contributed by atoms with van der Waals surface area (Å²) in [4.78, 5) is 11.2. The summed E-state index contributed by atoms with van der Waals surface area (Å²) < 4.78 is 7.51. The fourth-order valence-electron chi connectivity index (χ4n) is 3.18. The van der Waals surface area contributed by atoms with Crippen LogP contribution in [0.2, 0.25) is 0 Å². The summed E-state index contributed by atoms with van der Waals surface area (Å²) in [7, 11) is 0. The lowest BCUT2D eigenvalue weighted by molar-refractivity contribution is 0.0697. The molecule has 0 unspecified atom stereocenters. The lowest BCUT2D eigenvalue weighted by atomic mass is 10.1. The normalized spacial score (nSPS) is 12.1. The van der Waals surface area contributed by atoms with Crippen LogP contribution < -0.4 is 4.74 Å². The van der Waals surface area contributed by atoms with Gasteiger partial charge in [-0.1, -0.05) is 6.07 Å². The van der Waals surface area contributed by atoms with Gasteiger partial charge >= 0.3 is 5.97 Å². The van der Waals surface area contributed by atoms with Crippen molar-refractivity contribution in [2.45, 2.75) is 26.4 Å². The minimum atomic E-state index is -0.940. The van der Waals surface area contributed by atoms with Crippen LogP contribution in [0.3, 0.4) is 0 Å². The Balaban J connectivity index is 1.69. The van der Waals surface area contributed by atoms with Gasteiger partial charge in [0.15, 0.2) is 0 Å². The molecule has 126 valence electrons. The van der Waals surface area contributed by atoms with E-state index in [-0.39, 0.29) is 11.7 Å². The standard InChI is InChI=1S/C20H18N2O3/c1-12(2)25-17-6-7-18-14(10-17)8-15-11-22(21-19(15)18)16-5-3-4-13(9-16)20(23)24/h3-7,9-12H,8H2,1-2H3,(H,23,24). The first kappa shape index (κ1) is 15.4. The average Bonchev–Trinajstić information content (AvgIpc) is 3.11. The van der Waals surface area contributed by atoms with Crippen molar-refractivity contribution in [2.24, 2.45) is 0 Å². The Kier molecular flexibility index (Phi) is 3.57. The SMILES string of the molecule is CC(C)Oc1ccc2c(c1)Cc1cn(-c3cccc(C(=O)O)c3)nc1-2. The first-order valence-corrected chi connectivity index (χ1v) is 8.23. The molecule has 1 aliphatic rings. The van der Waals surface area contributed by atoms with Gasteiger partial charge in [0.05, 0.1) is 23.0 Å². The third kappa shape index (κ3) is 2.78. The lowest BCUT2D eigenvalue weighted by Gasteiger charge is -2.11. The van der Waals surface area contributed by atoms with Gasteiger partial charge in [-0.3, -0.25) is 0 Å². The Bertz CT molecular complexity index is 973. The van der Waals surface area contributed by atoms with Crippen molar-refractivity contribution in [1.82, 2.24) is 9.78 Å². The summed E-state index contributed by atoms with van der Waals surface area (Å²) in [6.07, 6.45) is 2.92. The topological polar surface area (TPSA) is 64.3 Å². The molecular formula is C20H18N2O3. The summed E-state index contributed by atoms with van der Waals surface area (Å²) in [6.45, 7) is 4.02. The van der Waals surface area contributed by atoms with Crippen LogP contribution in [-0.2, 0) is 6.42 Å². The second-order valence-electron chi connectivity index (χ2n) is 6.47. The zero-order valence-corrected chi connectivity index (χ0v) is 14.1. The minimum absolute atomic E-state index is 0.146. The molecule has 0 saturated carbocycles. The van der Waals surface area contributed by atoms with Gasteiger partial charge in [0.25, 0.3) is 0 Å². The lowest BCUT2D eigenvalue weighted by Crippen LogP contribution is -2.05. The number of carboxylic acids is 1. The molecule has 1 aromatic heterocycles. The van der Waals surface area contributed by atoms with E-state index in [0.717, 1.165) is 34.7 Å². The monoisotopic (exact) mass is 334 g/mol. The van der Waals surface area contributed by atoms with Crippen LogP contribution in [0.5, 0.6) is 5.75 Å². The molecule has 1 N–H and O–H groups in total. The number of ether oxygens (including phenoxy) is 1. The first-order valence-electron chi connectivity index (χ1n) is 8.23. The van der Waals surface area contributed by atoms with Gasteiger partial charge in [0.1, 0.15) is 5.75 Å². The number of hydrogen-bond donors (Lipinski definition) is 1. The van der Waals surface area contributed by atoms with Crippen molar-refractivity contribution in [3.63, 3.8) is 0 Å². The van der Waals surface area contributed by atoms with E-state index in [9.17, 15) is 4.79 Å². The highest BCUT2D eigenvalue weighted by Gasteiger charge is 2.23. The van der Waals surface area contributed by atoms with Crippen LogP contribution in [-0.4, -0.2) is 27.0 Å². The number of aromatic carboxylic acids is 1. The zero-order valence-electron chi connectivity index (χ0n) is 14.1. The largest absolute Gasteiger partial charge is 0.491 e. The molecule has 1 aliphatic carbocycles. The van der Waals surface area contributed by atoms with Gasteiger partial charge < -0.3 is 9.84 Å². The molecule has 3 aromatic rings. The maximum absolute atomic E-state index is 11.2. The molecule has 1 heterocycles. The molecule has 0 bridgehead atoms. The van der Waals surface area contributed by atoms with Crippen LogP contribution in [0.4, 0.5) is 0 Å². The summed E-state index contributed by atoms with van der Waals surface area (Å²) in [5, 5.41) is 13.8. The molecule has 4 rings (SSSR count). The van der Waals surface area contributed by atoms with Crippen molar-refractivity contribution in [3.05, 3.63) is 65.4 Å². The number of carbonyl (C=O) groups is 1. The van der Waals surface area contributed by atoms with Crippen LogP contribution in [0, 0.1) is 0 Å². The Morgan fingerprint density at radius 1 is 1.20 bits per heavy atom. The van der Waals surface area contributed by atoms with Crippen LogP contribution in [0.1, 0.15) is 35.3 Å². The Hall–Kier alpha value is -3.08. The Morgan fingerprint density at radius 3 is 2.80 bits per heavy atom.